The van der Waals surface area contributed by atoms with Gasteiger partial charge in [-0.25, -0.2) is 8.78 Å². The van der Waals surface area contributed by atoms with Crippen LogP contribution in [-0.4, -0.2) is 0 Å². The van der Waals surface area contributed by atoms with Crippen molar-refractivity contribution in [3.8, 4) is 0 Å². The minimum absolute atomic E-state index is 0.180. The van der Waals surface area contributed by atoms with Crippen LogP contribution in [0.1, 0.15) is 49.7 Å². The van der Waals surface area contributed by atoms with E-state index in [4.69, 9.17) is 0 Å². The molecule has 2 heteroatoms. The van der Waals surface area contributed by atoms with Crippen molar-refractivity contribution in [1.82, 2.24) is 0 Å². The molecule has 0 aliphatic carbocycles. The summed E-state index contributed by atoms with van der Waals surface area (Å²) in [4.78, 5) is 0. The molecule has 2 unspecified atom stereocenters. The van der Waals surface area contributed by atoms with Crippen molar-refractivity contribution in [3.05, 3.63) is 71.3 Å². The first-order valence-electron chi connectivity index (χ1n) is 7.07. The van der Waals surface area contributed by atoms with E-state index in [1.807, 2.05) is 18.2 Å². The molecule has 0 nitrogen and oxygen atoms in total. The van der Waals surface area contributed by atoms with Gasteiger partial charge in [0.05, 0.1) is 0 Å². The normalized spacial score (nSPS) is 14.0. The van der Waals surface area contributed by atoms with Crippen molar-refractivity contribution in [2.75, 3.05) is 0 Å². The Morgan fingerprint density at radius 1 is 0.750 bits per heavy atom. The molecule has 0 fully saturated rings. The van der Waals surface area contributed by atoms with Crippen LogP contribution in [0.25, 0.3) is 0 Å². The average molecular weight is 274 g/mol. The molecule has 106 valence electrons. The zero-order valence-corrected chi connectivity index (χ0v) is 11.9. The molecule has 2 atom stereocenters. The fraction of sp³-hybridized carbons (Fsp3) is 0.333. The molecular weight excluding hydrogens is 254 g/mol. The molecule has 0 spiro atoms. The van der Waals surface area contributed by atoms with E-state index in [0.717, 1.165) is 24.0 Å². The molecule has 0 radical (unpaired) electrons. The zero-order chi connectivity index (χ0) is 14.5. The number of benzene rings is 2. The highest BCUT2D eigenvalue weighted by molar-refractivity contribution is 5.22. The lowest BCUT2D eigenvalue weighted by Gasteiger charge is -2.16. The second-order valence-corrected chi connectivity index (χ2v) is 5.49. The van der Waals surface area contributed by atoms with E-state index < -0.39 is 0 Å². The molecule has 20 heavy (non-hydrogen) atoms. The van der Waals surface area contributed by atoms with Crippen LogP contribution in [0.2, 0.25) is 0 Å². The monoisotopic (exact) mass is 274 g/mol. The van der Waals surface area contributed by atoms with E-state index in [9.17, 15) is 8.78 Å². The highest BCUT2D eigenvalue weighted by atomic mass is 19.1. The number of halogens is 2. The van der Waals surface area contributed by atoms with E-state index in [-0.39, 0.29) is 11.6 Å². The van der Waals surface area contributed by atoms with Gasteiger partial charge in [-0.1, -0.05) is 38.1 Å². The smallest absolute Gasteiger partial charge is 0.123 e. The van der Waals surface area contributed by atoms with Gasteiger partial charge in [-0.2, -0.15) is 0 Å². The third kappa shape index (κ3) is 3.89. The van der Waals surface area contributed by atoms with Gasteiger partial charge in [0.15, 0.2) is 0 Å². The summed E-state index contributed by atoms with van der Waals surface area (Å²) in [5.74, 6) is 0.329. The summed E-state index contributed by atoms with van der Waals surface area (Å²) in [5, 5.41) is 0. The molecular formula is C18H20F2. The second-order valence-electron chi connectivity index (χ2n) is 5.49. The predicted molar refractivity (Wildman–Crippen MR) is 78.9 cm³/mol. The molecule has 0 N–H and O–H groups in total. The van der Waals surface area contributed by atoms with Gasteiger partial charge in [-0.05, 0) is 60.1 Å². The molecule has 0 heterocycles. The largest absolute Gasteiger partial charge is 0.207 e. The predicted octanol–water partition coefficient (Wildman–Crippen LogP) is 5.65. The van der Waals surface area contributed by atoms with Crippen LogP contribution in [0.3, 0.4) is 0 Å². The lowest BCUT2D eigenvalue weighted by Crippen LogP contribution is -1.99. The van der Waals surface area contributed by atoms with Crippen LogP contribution in [0, 0.1) is 11.6 Å². The summed E-state index contributed by atoms with van der Waals surface area (Å²) >= 11 is 0. The van der Waals surface area contributed by atoms with Crippen molar-refractivity contribution in [1.29, 1.82) is 0 Å². The van der Waals surface area contributed by atoms with Gasteiger partial charge in [-0.3, -0.25) is 0 Å². The molecule has 0 aromatic heterocycles. The lowest BCUT2D eigenvalue weighted by atomic mass is 9.89. The first-order chi connectivity index (χ1) is 9.56. The van der Waals surface area contributed by atoms with E-state index in [1.165, 1.54) is 18.2 Å². The Kier molecular flexibility index (Phi) is 4.89. The van der Waals surface area contributed by atoms with Crippen LogP contribution in [0.15, 0.2) is 48.5 Å². The summed E-state index contributed by atoms with van der Waals surface area (Å²) in [6.07, 6.45) is 1.99. The molecule has 0 aliphatic rings. The Hall–Kier alpha value is -1.70. The molecule has 0 saturated heterocycles. The van der Waals surface area contributed by atoms with Gasteiger partial charge >= 0.3 is 0 Å². The van der Waals surface area contributed by atoms with Gasteiger partial charge in [-0.15, -0.1) is 0 Å². The SMILES string of the molecule is CC(CCC(C)c1cccc(F)c1)c1ccc(F)cc1. The molecule has 2 aromatic rings. The first kappa shape index (κ1) is 14.7. The third-order valence-corrected chi connectivity index (χ3v) is 3.89. The molecule has 0 aliphatic heterocycles. The lowest BCUT2D eigenvalue weighted by molar-refractivity contribution is 0.566. The average Bonchev–Trinajstić information content (AvgIpc) is 2.45. The Bertz CT molecular complexity index is 546. The highest BCUT2D eigenvalue weighted by Gasteiger charge is 2.11. The van der Waals surface area contributed by atoms with Gasteiger partial charge in [0, 0.05) is 0 Å². The summed E-state index contributed by atoms with van der Waals surface area (Å²) < 4.78 is 26.1. The fourth-order valence-electron chi connectivity index (χ4n) is 2.44. The zero-order valence-electron chi connectivity index (χ0n) is 11.9. The quantitative estimate of drug-likeness (QED) is 0.660. The van der Waals surface area contributed by atoms with E-state index in [0.29, 0.717) is 11.8 Å². The Balaban J connectivity index is 1.93. The molecule has 2 aromatic carbocycles. The highest BCUT2D eigenvalue weighted by Crippen LogP contribution is 2.27. The Morgan fingerprint density at radius 2 is 1.35 bits per heavy atom. The maximum Gasteiger partial charge on any atom is 0.123 e. The summed E-state index contributed by atoms with van der Waals surface area (Å²) in [6, 6.07) is 13.5. The summed E-state index contributed by atoms with van der Waals surface area (Å²) in [7, 11) is 0. The van der Waals surface area contributed by atoms with Crippen molar-refractivity contribution in [3.63, 3.8) is 0 Å². The molecule has 0 saturated carbocycles. The number of rotatable bonds is 5. The standard InChI is InChI=1S/C18H20F2/c1-13(15-8-10-17(19)11-9-15)6-7-14(2)16-4-3-5-18(20)12-16/h3-5,8-14H,6-7H2,1-2H3. The van der Waals surface area contributed by atoms with Crippen LogP contribution in [0.5, 0.6) is 0 Å². The van der Waals surface area contributed by atoms with Crippen LogP contribution in [-0.2, 0) is 0 Å². The Morgan fingerprint density at radius 3 is 1.95 bits per heavy atom. The first-order valence-corrected chi connectivity index (χ1v) is 7.07. The van der Waals surface area contributed by atoms with Crippen molar-refractivity contribution >= 4 is 0 Å². The van der Waals surface area contributed by atoms with Gasteiger partial charge < -0.3 is 0 Å². The minimum Gasteiger partial charge on any atom is -0.207 e. The number of hydrogen-bond donors (Lipinski definition) is 0. The topological polar surface area (TPSA) is 0 Å². The molecule has 0 bridgehead atoms. The van der Waals surface area contributed by atoms with Crippen LogP contribution >= 0.6 is 0 Å². The summed E-state index contributed by atoms with van der Waals surface area (Å²) in [6.45, 7) is 4.26. The minimum atomic E-state index is -0.200. The maximum atomic E-state index is 13.2. The van der Waals surface area contributed by atoms with E-state index >= 15 is 0 Å². The number of hydrogen-bond acceptors (Lipinski definition) is 0. The van der Waals surface area contributed by atoms with E-state index in [2.05, 4.69) is 13.8 Å². The maximum absolute atomic E-state index is 13.2. The van der Waals surface area contributed by atoms with Gasteiger partial charge in [0.2, 0.25) is 0 Å². The van der Waals surface area contributed by atoms with Crippen molar-refractivity contribution in [2.45, 2.75) is 38.5 Å². The van der Waals surface area contributed by atoms with E-state index in [1.54, 1.807) is 12.1 Å². The fourth-order valence-corrected chi connectivity index (χ4v) is 2.44. The van der Waals surface area contributed by atoms with Crippen LogP contribution in [0.4, 0.5) is 8.78 Å². The summed E-state index contributed by atoms with van der Waals surface area (Å²) in [5.41, 5.74) is 2.19. The third-order valence-electron chi connectivity index (χ3n) is 3.89. The van der Waals surface area contributed by atoms with Gasteiger partial charge in [0.1, 0.15) is 11.6 Å². The molecule has 2 rings (SSSR count). The molecule has 0 amide bonds. The Labute approximate surface area is 119 Å². The van der Waals surface area contributed by atoms with Crippen LogP contribution < -0.4 is 0 Å². The second kappa shape index (κ2) is 6.65. The van der Waals surface area contributed by atoms with Crippen molar-refractivity contribution in [2.24, 2.45) is 0 Å². The van der Waals surface area contributed by atoms with Crippen molar-refractivity contribution < 1.29 is 8.78 Å². The van der Waals surface area contributed by atoms with Gasteiger partial charge in [0.25, 0.3) is 0 Å².